The molecule has 0 N–H and O–H groups in total. The molecule has 0 aliphatic carbocycles. The Labute approximate surface area is 464 Å². The number of rotatable bonds is 11. The smallest absolute Gasteiger partial charge is 0.235 e. The van der Waals surface area contributed by atoms with Gasteiger partial charge in [-0.15, -0.1) is 0 Å². The zero-order chi connectivity index (χ0) is 53.2. The Morgan fingerprint density at radius 1 is 0.188 bits per heavy atom. The monoisotopic (exact) mass is 1020 g/mol. The van der Waals surface area contributed by atoms with Crippen LogP contribution in [0.3, 0.4) is 0 Å². The first kappa shape index (κ1) is 47.5. The summed E-state index contributed by atoms with van der Waals surface area (Å²) in [5.41, 5.74) is 18.8. The molecular weight excluding hydrogens is 977 g/mol. The Hall–Kier alpha value is -11.0. The fourth-order valence-electron chi connectivity index (χ4n) is 10.6. The standard InChI is InChI=1S/C72H48N8/c1-8-26-49(27-9-1)56-45-69(79-65-40-22-24-42-67(65)80(68-43-25-23-41-66(68)79)72-77-62(53-34-16-5-17-35-53)47-63(78-72)54-36-18-6-19-37-54)58(71-74-59(50-28-10-2-11-29-50)46-60(75-71)51-30-12-3-13-31-51)44-57(56)64-48-61(52-32-14-4-15-33-52)73-70(76-64)55-38-20-7-21-39-55/h1-48H. The molecule has 0 bridgehead atoms. The number of para-hydroxylation sites is 4. The minimum absolute atomic E-state index is 0.545. The molecule has 8 nitrogen and oxygen atoms in total. The van der Waals surface area contributed by atoms with Gasteiger partial charge in [-0.3, -0.25) is 4.90 Å². The highest BCUT2D eigenvalue weighted by Crippen LogP contribution is 2.56. The average Bonchev–Trinajstić information content (AvgIpc) is 3.69. The van der Waals surface area contributed by atoms with E-state index in [1.807, 2.05) is 84.9 Å². The summed E-state index contributed by atoms with van der Waals surface area (Å²) in [7, 11) is 0. The summed E-state index contributed by atoms with van der Waals surface area (Å²) < 4.78 is 0. The Morgan fingerprint density at radius 3 is 0.887 bits per heavy atom. The van der Waals surface area contributed by atoms with Gasteiger partial charge < -0.3 is 4.90 Å². The van der Waals surface area contributed by atoms with Crippen LogP contribution in [0.15, 0.2) is 291 Å². The van der Waals surface area contributed by atoms with Gasteiger partial charge in [-0.25, -0.2) is 29.9 Å². The minimum Gasteiger partial charge on any atom is -0.306 e. The molecule has 80 heavy (non-hydrogen) atoms. The topological polar surface area (TPSA) is 83.8 Å². The Morgan fingerprint density at radius 2 is 0.487 bits per heavy atom. The van der Waals surface area contributed by atoms with Crippen molar-refractivity contribution in [3.63, 3.8) is 0 Å². The number of nitrogens with zero attached hydrogens (tertiary/aromatic N) is 8. The highest BCUT2D eigenvalue weighted by atomic mass is 15.3. The molecule has 1 aliphatic heterocycles. The lowest BCUT2D eigenvalue weighted by atomic mass is 9.91. The van der Waals surface area contributed by atoms with Gasteiger partial charge in [0.15, 0.2) is 11.6 Å². The van der Waals surface area contributed by atoms with Crippen LogP contribution in [0.4, 0.5) is 34.4 Å². The van der Waals surface area contributed by atoms with E-state index < -0.39 is 0 Å². The van der Waals surface area contributed by atoms with Crippen molar-refractivity contribution >= 4 is 34.4 Å². The summed E-state index contributed by atoms with van der Waals surface area (Å²) in [5.74, 6) is 1.71. The van der Waals surface area contributed by atoms with Crippen molar-refractivity contribution in [2.24, 2.45) is 0 Å². The first-order chi connectivity index (χ1) is 39.7. The average molecular weight is 1030 g/mol. The molecule has 14 rings (SSSR count). The van der Waals surface area contributed by atoms with E-state index in [4.69, 9.17) is 29.9 Å². The molecular formula is C72H48N8. The maximum Gasteiger partial charge on any atom is 0.235 e. The molecule has 0 saturated heterocycles. The number of benzene rings is 10. The van der Waals surface area contributed by atoms with Crippen LogP contribution in [0.2, 0.25) is 0 Å². The SMILES string of the molecule is c1ccc(-c2cc(-c3cc(-c4nc(-c5ccccc5)cc(-c5ccccc5)n4)c(N4c5ccccc5N(c5nc(-c6ccccc6)cc(-c6ccccc6)n5)c5ccccc54)cc3-c3ccccc3)nc(-c3ccccc3)n2)cc1. The molecule has 0 amide bonds. The van der Waals surface area contributed by atoms with Crippen LogP contribution in [0.25, 0.3) is 101 Å². The van der Waals surface area contributed by atoms with Crippen LogP contribution in [0, 0.1) is 0 Å². The van der Waals surface area contributed by atoms with Gasteiger partial charge in [0.2, 0.25) is 5.95 Å². The van der Waals surface area contributed by atoms with Crippen molar-refractivity contribution in [3.05, 3.63) is 291 Å². The molecule has 3 aromatic heterocycles. The van der Waals surface area contributed by atoms with Crippen molar-refractivity contribution in [1.29, 1.82) is 0 Å². The number of fused-ring (bicyclic) bond motifs is 2. The molecule has 376 valence electrons. The molecule has 0 saturated carbocycles. The molecule has 10 aromatic carbocycles. The van der Waals surface area contributed by atoms with Gasteiger partial charge in [-0.1, -0.05) is 237 Å². The minimum atomic E-state index is 0.545. The predicted octanol–water partition coefficient (Wildman–Crippen LogP) is 18.3. The molecule has 0 atom stereocenters. The van der Waals surface area contributed by atoms with Gasteiger partial charge in [-0.2, -0.15) is 0 Å². The zero-order valence-electron chi connectivity index (χ0n) is 43.3. The number of hydrogen-bond donors (Lipinski definition) is 0. The highest BCUT2D eigenvalue weighted by Gasteiger charge is 2.35. The van der Waals surface area contributed by atoms with Crippen LogP contribution in [0.5, 0.6) is 0 Å². The van der Waals surface area contributed by atoms with E-state index in [1.54, 1.807) is 0 Å². The van der Waals surface area contributed by atoms with E-state index in [9.17, 15) is 0 Å². The zero-order valence-corrected chi connectivity index (χ0v) is 43.3. The fraction of sp³-hybridized carbons (Fsp3) is 0. The summed E-state index contributed by atoms with van der Waals surface area (Å²) in [5, 5.41) is 0. The highest BCUT2D eigenvalue weighted by molar-refractivity contribution is 6.05. The summed E-state index contributed by atoms with van der Waals surface area (Å²) >= 11 is 0. The number of hydrogen-bond acceptors (Lipinski definition) is 8. The van der Waals surface area contributed by atoms with E-state index in [-0.39, 0.29) is 0 Å². The van der Waals surface area contributed by atoms with Crippen molar-refractivity contribution < 1.29 is 0 Å². The first-order valence-corrected chi connectivity index (χ1v) is 26.7. The van der Waals surface area contributed by atoms with Gasteiger partial charge in [0.1, 0.15) is 0 Å². The van der Waals surface area contributed by atoms with Crippen LogP contribution in [-0.4, -0.2) is 29.9 Å². The first-order valence-electron chi connectivity index (χ1n) is 26.7. The molecule has 0 fully saturated rings. The van der Waals surface area contributed by atoms with Crippen molar-refractivity contribution in [2.45, 2.75) is 0 Å². The van der Waals surface area contributed by atoms with Crippen LogP contribution in [0.1, 0.15) is 0 Å². The molecule has 0 unspecified atom stereocenters. The van der Waals surface area contributed by atoms with E-state index in [1.165, 1.54) is 0 Å². The lowest BCUT2D eigenvalue weighted by molar-refractivity contribution is 1.06. The maximum atomic E-state index is 5.57. The fourth-order valence-corrected chi connectivity index (χ4v) is 10.6. The third-order valence-electron chi connectivity index (χ3n) is 14.5. The van der Waals surface area contributed by atoms with E-state index >= 15 is 0 Å². The van der Waals surface area contributed by atoms with E-state index in [2.05, 4.69) is 216 Å². The van der Waals surface area contributed by atoms with E-state index in [0.717, 1.165) is 118 Å². The molecule has 0 radical (unpaired) electrons. The van der Waals surface area contributed by atoms with Crippen molar-refractivity contribution in [3.8, 4) is 101 Å². The van der Waals surface area contributed by atoms with Gasteiger partial charge in [-0.05, 0) is 65.7 Å². The van der Waals surface area contributed by atoms with Gasteiger partial charge in [0, 0.05) is 44.5 Å². The summed E-state index contributed by atoms with van der Waals surface area (Å²) in [4.78, 5) is 37.2. The largest absolute Gasteiger partial charge is 0.306 e. The summed E-state index contributed by atoms with van der Waals surface area (Å²) in [6.07, 6.45) is 0. The van der Waals surface area contributed by atoms with E-state index in [0.29, 0.717) is 17.6 Å². The second-order valence-corrected chi connectivity index (χ2v) is 19.5. The van der Waals surface area contributed by atoms with Gasteiger partial charge >= 0.3 is 0 Å². The number of aromatic nitrogens is 6. The third kappa shape index (κ3) is 9.12. The quantitative estimate of drug-likeness (QED) is 0.127. The Kier molecular flexibility index (Phi) is 12.4. The molecule has 13 aromatic rings. The summed E-state index contributed by atoms with van der Waals surface area (Å²) in [6, 6.07) is 100. The lowest BCUT2D eigenvalue weighted by Gasteiger charge is -2.40. The summed E-state index contributed by atoms with van der Waals surface area (Å²) in [6.45, 7) is 0. The van der Waals surface area contributed by atoms with Crippen LogP contribution < -0.4 is 9.80 Å². The molecule has 1 aliphatic rings. The second-order valence-electron chi connectivity index (χ2n) is 19.5. The van der Waals surface area contributed by atoms with Crippen molar-refractivity contribution in [2.75, 3.05) is 9.80 Å². The molecule has 0 spiro atoms. The van der Waals surface area contributed by atoms with Gasteiger partial charge in [0.05, 0.1) is 62.6 Å². The maximum absolute atomic E-state index is 5.57. The molecule has 4 heterocycles. The van der Waals surface area contributed by atoms with Crippen LogP contribution >= 0.6 is 0 Å². The predicted molar refractivity (Wildman–Crippen MR) is 325 cm³/mol. The Bertz CT molecular complexity index is 4120. The Balaban J connectivity index is 1.07. The second kappa shape index (κ2) is 20.9. The normalized spacial score (nSPS) is 11.7. The lowest BCUT2D eigenvalue weighted by Crippen LogP contribution is -2.26. The van der Waals surface area contributed by atoms with Crippen LogP contribution in [-0.2, 0) is 0 Å². The third-order valence-corrected chi connectivity index (χ3v) is 14.5. The van der Waals surface area contributed by atoms with Crippen molar-refractivity contribution in [1.82, 2.24) is 29.9 Å². The molecule has 8 heteroatoms. The number of anilines is 6. The van der Waals surface area contributed by atoms with Gasteiger partial charge in [0.25, 0.3) is 0 Å².